The summed E-state index contributed by atoms with van der Waals surface area (Å²) in [6.07, 6.45) is 5.03. The molecule has 0 bridgehead atoms. The smallest absolute Gasteiger partial charge is 0.229 e. The van der Waals surface area contributed by atoms with E-state index in [0.717, 1.165) is 12.2 Å². The molecule has 4 nitrogen and oxygen atoms in total. The van der Waals surface area contributed by atoms with Crippen molar-refractivity contribution < 1.29 is 4.79 Å². The average Bonchev–Trinajstić information content (AvgIpc) is 2.77. The van der Waals surface area contributed by atoms with Gasteiger partial charge in [0.25, 0.3) is 0 Å². The number of hydrogen-bond donors (Lipinski definition) is 0. The zero-order chi connectivity index (χ0) is 11.5. The molecule has 0 unspecified atom stereocenters. The number of nitrogens with zero attached hydrogens (tertiary/aromatic N) is 3. The molecule has 4 heteroatoms. The number of carbonyl (C=O) groups is 1. The van der Waals surface area contributed by atoms with Crippen LogP contribution in [0.4, 0.5) is 0 Å². The second-order valence-electron chi connectivity index (χ2n) is 3.55. The van der Waals surface area contributed by atoms with Crippen molar-refractivity contribution in [1.29, 1.82) is 0 Å². The molecule has 16 heavy (non-hydrogen) atoms. The van der Waals surface area contributed by atoms with Gasteiger partial charge in [-0.05, 0) is 26.0 Å². The number of pyridine rings is 1. The highest BCUT2D eigenvalue weighted by atomic mass is 16.1. The van der Waals surface area contributed by atoms with E-state index in [9.17, 15) is 4.79 Å². The molecule has 2 aromatic rings. The molecule has 0 aromatic carbocycles. The number of hydrogen-bond acceptors (Lipinski definition) is 3. The fraction of sp³-hybridized carbons (Fsp3) is 0.250. The Hall–Kier alpha value is -1.97. The molecule has 0 spiro atoms. The number of rotatable bonds is 3. The number of carbonyl (C=O) groups excluding carboxylic acids is 1. The minimum Gasteiger partial charge on any atom is -0.328 e. The average molecular weight is 215 g/mol. The van der Waals surface area contributed by atoms with Crippen LogP contribution in [-0.4, -0.2) is 20.3 Å². The molecule has 2 aromatic heterocycles. The molecule has 0 amide bonds. The van der Waals surface area contributed by atoms with E-state index in [1.807, 2.05) is 24.5 Å². The summed E-state index contributed by atoms with van der Waals surface area (Å²) in [4.78, 5) is 20.3. The normalized spacial score (nSPS) is 10.4. The van der Waals surface area contributed by atoms with E-state index in [0.29, 0.717) is 11.4 Å². The van der Waals surface area contributed by atoms with Crippen LogP contribution in [0.3, 0.4) is 0 Å². The van der Waals surface area contributed by atoms with Crippen molar-refractivity contribution >= 4 is 5.78 Å². The van der Waals surface area contributed by atoms with Crippen molar-refractivity contribution in [2.75, 3.05) is 0 Å². The quantitative estimate of drug-likeness (QED) is 0.734. The van der Waals surface area contributed by atoms with Crippen molar-refractivity contribution in [3.05, 3.63) is 47.8 Å². The molecule has 0 aliphatic carbocycles. The fourth-order valence-electron chi connectivity index (χ4n) is 1.50. The van der Waals surface area contributed by atoms with Gasteiger partial charge in [-0.15, -0.1) is 0 Å². The van der Waals surface area contributed by atoms with E-state index < -0.39 is 0 Å². The zero-order valence-corrected chi connectivity index (χ0v) is 9.34. The second-order valence-corrected chi connectivity index (χ2v) is 3.55. The fourth-order valence-corrected chi connectivity index (χ4v) is 1.50. The van der Waals surface area contributed by atoms with E-state index in [1.54, 1.807) is 24.7 Å². The Morgan fingerprint density at radius 1 is 1.38 bits per heavy atom. The Morgan fingerprint density at radius 2 is 2.19 bits per heavy atom. The molecule has 0 atom stereocenters. The highest BCUT2D eigenvalue weighted by molar-refractivity contribution is 6.06. The molecular formula is C12H13N3O. The third kappa shape index (κ3) is 1.86. The van der Waals surface area contributed by atoms with Crippen molar-refractivity contribution in [2.24, 2.45) is 0 Å². The molecule has 0 radical (unpaired) electrons. The van der Waals surface area contributed by atoms with Crippen LogP contribution in [-0.2, 0) is 6.54 Å². The van der Waals surface area contributed by atoms with Crippen LogP contribution in [0.15, 0.2) is 30.7 Å². The Labute approximate surface area is 94.0 Å². The summed E-state index contributed by atoms with van der Waals surface area (Å²) < 4.78 is 1.82. The van der Waals surface area contributed by atoms with E-state index >= 15 is 0 Å². The first-order valence-corrected chi connectivity index (χ1v) is 5.21. The van der Waals surface area contributed by atoms with Crippen molar-refractivity contribution in [3.63, 3.8) is 0 Å². The predicted octanol–water partition coefficient (Wildman–Crippen LogP) is 1.84. The minimum atomic E-state index is -0.0839. The third-order valence-electron chi connectivity index (χ3n) is 2.43. The van der Waals surface area contributed by atoms with Gasteiger partial charge in [-0.2, -0.15) is 0 Å². The largest absolute Gasteiger partial charge is 0.328 e. The molecular weight excluding hydrogens is 202 g/mol. The van der Waals surface area contributed by atoms with Crippen LogP contribution in [0.5, 0.6) is 0 Å². The number of imidazole rings is 1. The highest BCUT2D eigenvalue weighted by Crippen LogP contribution is 2.07. The molecule has 0 aliphatic heterocycles. The van der Waals surface area contributed by atoms with Crippen molar-refractivity contribution in [3.8, 4) is 0 Å². The first kappa shape index (κ1) is 10.5. The topological polar surface area (TPSA) is 47.8 Å². The van der Waals surface area contributed by atoms with Crippen LogP contribution < -0.4 is 0 Å². The molecule has 2 heterocycles. The molecule has 2 rings (SSSR count). The van der Waals surface area contributed by atoms with Crippen molar-refractivity contribution in [1.82, 2.24) is 14.5 Å². The summed E-state index contributed by atoms with van der Waals surface area (Å²) in [7, 11) is 0. The summed E-state index contributed by atoms with van der Waals surface area (Å²) in [6.45, 7) is 4.60. The lowest BCUT2D eigenvalue weighted by Gasteiger charge is -2.03. The van der Waals surface area contributed by atoms with E-state index in [-0.39, 0.29) is 5.78 Å². The monoisotopic (exact) mass is 215 g/mol. The maximum absolute atomic E-state index is 12.1. The van der Waals surface area contributed by atoms with Gasteiger partial charge >= 0.3 is 0 Å². The van der Waals surface area contributed by atoms with Crippen LogP contribution in [0.25, 0.3) is 0 Å². The maximum Gasteiger partial charge on any atom is 0.229 e. The standard InChI is InChI=1S/C12H13N3O/c1-3-15-7-6-13-12(15)11(16)10-5-4-9(2)14-8-10/h4-8H,3H2,1-2H3. The van der Waals surface area contributed by atoms with Crippen LogP contribution >= 0.6 is 0 Å². The van der Waals surface area contributed by atoms with Crippen molar-refractivity contribution in [2.45, 2.75) is 20.4 Å². The summed E-state index contributed by atoms with van der Waals surface area (Å²) in [5.41, 5.74) is 1.47. The predicted molar refractivity (Wildman–Crippen MR) is 60.3 cm³/mol. The van der Waals surface area contributed by atoms with Gasteiger partial charge in [0.1, 0.15) is 0 Å². The number of aryl methyl sites for hydroxylation is 2. The summed E-state index contributed by atoms with van der Waals surface area (Å²) >= 11 is 0. The van der Waals surface area contributed by atoms with Crippen LogP contribution in [0, 0.1) is 6.92 Å². The van der Waals surface area contributed by atoms with Crippen LogP contribution in [0.1, 0.15) is 28.8 Å². The Balaban J connectivity index is 2.35. The maximum atomic E-state index is 12.1. The zero-order valence-electron chi connectivity index (χ0n) is 9.34. The molecule has 0 saturated heterocycles. The molecule has 0 fully saturated rings. The lowest BCUT2D eigenvalue weighted by Crippen LogP contribution is -2.10. The Bertz CT molecular complexity index is 499. The Morgan fingerprint density at radius 3 is 2.81 bits per heavy atom. The minimum absolute atomic E-state index is 0.0839. The van der Waals surface area contributed by atoms with Gasteiger partial charge in [0.15, 0.2) is 5.82 Å². The number of aromatic nitrogens is 3. The summed E-state index contributed by atoms with van der Waals surface area (Å²) in [5.74, 6) is 0.382. The SMILES string of the molecule is CCn1ccnc1C(=O)c1ccc(C)nc1. The molecule has 0 aliphatic rings. The third-order valence-corrected chi connectivity index (χ3v) is 2.43. The van der Waals surface area contributed by atoms with Gasteiger partial charge in [-0.1, -0.05) is 0 Å². The van der Waals surface area contributed by atoms with Gasteiger partial charge in [-0.25, -0.2) is 4.98 Å². The highest BCUT2D eigenvalue weighted by Gasteiger charge is 2.14. The van der Waals surface area contributed by atoms with Gasteiger partial charge in [0.05, 0.1) is 0 Å². The van der Waals surface area contributed by atoms with Gasteiger partial charge in [0, 0.05) is 36.4 Å². The Kier molecular flexibility index (Phi) is 2.81. The van der Waals surface area contributed by atoms with E-state index in [4.69, 9.17) is 0 Å². The number of ketones is 1. The molecule has 0 N–H and O–H groups in total. The first-order valence-electron chi connectivity index (χ1n) is 5.21. The van der Waals surface area contributed by atoms with E-state index in [2.05, 4.69) is 9.97 Å². The lowest BCUT2D eigenvalue weighted by atomic mass is 10.1. The molecule has 82 valence electrons. The van der Waals surface area contributed by atoms with E-state index in [1.165, 1.54) is 0 Å². The van der Waals surface area contributed by atoms with Gasteiger partial charge in [-0.3, -0.25) is 9.78 Å². The molecule has 0 saturated carbocycles. The summed E-state index contributed by atoms with van der Waals surface area (Å²) in [6, 6.07) is 3.60. The van der Waals surface area contributed by atoms with Crippen LogP contribution in [0.2, 0.25) is 0 Å². The summed E-state index contributed by atoms with van der Waals surface area (Å²) in [5, 5.41) is 0. The van der Waals surface area contributed by atoms with Gasteiger partial charge in [0.2, 0.25) is 5.78 Å². The lowest BCUT2D eigenvalue weighted by molar-refractivity contribution is 0.102. The first-order chi connectivity index (χ1) is 7.72. The van der Waals surface area contributed by atoms with Gasteiger partial charge < -0.3 is 4.57 Å². The second kappa shape index (κ2) is 4.26.